The fourth-order valence-corrected chi connectivity index (χ4v) is 3.33. The van der Waals surface area contributed by atoms with E-state index in [9.17, 15) is 14.4 Å². The molecular weight excluding hydrogens is 342 g/mol. The van der Waals surface area contributed by atoms with E-state index in [2.05, 4.69) is 16.0 Å². The molecule has 6 nitrogen and oxygen atoms in total. The zero-order chi connectivity index (χ0) is 19.6. The first kappa shape index (κ1) is 20.9. The van der Waals surface area contributed by atoms with Crippen LogP contribution >= 0.6 is 0 Å². The average Bonchev–Trinajstić information content (AvgIpc) is 2.70. The second-order valence-electron chi connectivity index (χ2n) is 7.48. The Morgan fingerprint density at radius 1 is 0.963 bits per heavy atom. The molecular formula is C21H31N3O3. The Bertz CT molecular complexity index is 625. The van der Waals surface area contributed by atoms with Crippen LogP contribution in [0.2, 0.25) is 0 Å². The standard InChI is InChI=1S/C21H31N3O3/c1-15(2)18(24-20(26)17-11-7-4-8-12-17)21(27)23-14-13-22-19(25)16-9-5-3-6-10-16/h3,5-6,9-10,15,17-18H,4,7-8,11-14H2,1-2H3,(H,22,25)(H,23,27)(H,24,26). The first-order valence-electron chi connectivity index (χ1n) is 9.90. The quantitative estimate of drug-likeness (QED) is 0.611. The van der Waals surface area contributed by atoms with Crippen molar-refractivity contribution < 1.29 is 14.4 Å². The Morgan fingerprint density at radius 2 is 1.59 bits per heavy atom. The predicted molar refractivity (Wildman–Crippen MR) is 105 cm³/mol. The normalized spacial score (nSPS) is 15.8. The Morgan fingerprint density at radius 3 is 2.22 bits per heavy atom. The molecule has 1 unspecified atom stereocenters. The lowest BCUT2D eigenvalue weighted by molar-refractivity contribution is -0.132. The van der Waals surface area contributed by atoms with Gasteiger partial charge in [0.05, 0.1) is 0 Å². The fourth-order valence-electron chi connectivity index (χ4n) is 3.33. The largest absolute Gasteiger partial charge is 0.353 e. The SMILES string of the molecule is CC(C)C(NC(=O)C1CCCCC1)C(=O)NCCNC(=O)c1ccccc1. The summed E-state index contributed by atoms with van der Waals surface area (Å²) in [6.07, 6.45) is 5.16. The van der Waals surface area contributed by atoms with Gasteiger partial charge in [0.15, 0.2) is 0 Å². The van der Waals surface area contributed by atoms with Crippen LogP contribution in [-0.4, -0.2) is 36.9 Å². The average molecular weight is 373 g/mol. The molecule has 0 radical (unpaired) electrons. The van der Waals surface area contributed by atoms with E-state index < -0.39 is 6.04 Å². The summed E-state index contributed by atoms with van der Waals surface area (Å²) in [5.41, 5.74) is 0.587. The monoisotopic (exact) mass is 373 g/mol. The molecule has 6 heteroatoms. The smallest absolute Gasteiger partial charge is 0.251 e. The van der Waals surface area contributed by atoms with Crippen LogP contribution in [0, 0.1) is 11.8 Å². The summed E-state index contributed by atoms with van der Waals surface area (Å²) in [6, 6.07) is 8.39. The minimum Gasteiger partial charge on any atom is -0.353 e. The molecule has 27 heavy (non-hydrogen) atoms. The summed E-state index contributed by atoms with van der Waals surface area (Å²) in [5.74, 6) is -0.366. The number of hydrogen-bond acceptors (Lipinski definition) is 3. The van der Waals surface area contributed by atoms with Gasteiger partial charge in [-0.25, -0.2) is 0 Å². The number of carbonyl (C=O) groups excluding carboxylic acids is 3. The van der Waals surface area contributed by atoms with Crippen molar-refractivity contribution in [2.45, 2.75) is 52.0 Å². The van der Waals surface area contributed by atoms with Crippen LogP contribution in [0.3, 0.4) is 0 Å². The van der Waals surface area contributed by atoms with Gasteiger partial charge in [-0.3, -0.25) is 14.4 Å². The van der Waals surface area contributed by atoms with E-state index in [0.717, 1.165) is 25.7 Å². The molecule has 0 bridgehead atoms. The molecule has 0 aliphatic heterocycles. The van der Waals surface area contributed by atoms with Crippen molar-refractivity contribution in [1.29, 1.82) is 0 Å². The van der Waals surface area contributed by atoms with Crippen LogP contribution in [0.1, 0.15) is 56.3 Å². The number of benzene rings is 1. The summed E-state index contributed by atoms with van der Waals surface area (Å²) in [7, 11) is 0. The minimum atomic E-state index is -0.552. The van der Waals surface area contributed by atoms with Crippen molar-refractivity contribution >= 4 is 17.7 Å². The lowest BCUT2D eigenvalue weighted by Crippen LogP contribution is -2.52. The molecule has 1 aliphatic carbocycles. The van der Waals surface area contributed by atoms with E-state index in [1.165, 1.54) is 6.42 Å². The lowest BCUT2D eigenvalue weighted by Gasteiger charge is -2.26. The van der Waals surface area contributed by atoms with Crippen molar-refractivity contribution in [3.05, 3.63) is 35.9 Å². The number of rotatable bonds is 8. The van der Waals surface area contributed by atoms with Gasteiger partial charge in [0.2, 0.25) is 11.8 Å². The van der Waals surface area contributed by atoms with E-state index in [1.54, 1.807) is 24.3 Å². The topological polar surface area (TPSA) is 87.3 Å². The molecule has 1 aromatic carbocycles. The Hall–Kier alpha value is -2.37. The van der Waals surface area contributed by atoms with Crippen molar-refractivity contribution in [2.75, 3.05) is 13.1 Å². The first-order chi connectivity index (χ1) is 13.0. The van der Waals surface area contributed by atoms with Gasteiger partial charge >= 0.3 is 0 Å². The van der Waals surface area contributed by atoms with Gasteiger partial charge in [-0.1, -0.05) is 51.3 Å². The van der Waals surface area contributed by atoms with Crippen molar-refractivity contribution in [3.63, 3.8) is 0 Å². The highest BCUT2D eigenvalue weighted by Gasteiger charge is 2.28. The third kappa shape index (κ3) is 6.70. The maximum absolute atomic E-state index is 12.5. The van der Waals surface area contributed by atoms with Gasteiger partial charge in [0.1, 0.15) is 6.04 Å². The maximum Gasteiger partial charge on any atom is 0.251 e. The van der Waals surface area contributed by atoms with E-state index >= 15 is 0 Å². The van der Waals surface area contributed by atoms with E-state index in [4.69, 9.17) is 0 Å². The second-order valence-corrected chi connectivity index (χ2v) is 7.48. The van der Waals surface area contributed by atoms with Gasteiger partial charge in [0, 0.05) is 24.6 Å². The molecule has 2 rings (SSSR count). The Balaban J connectivity index is 1.75. The Labute approximate surface area is 161 Å². The molecule has 1 fully saturated rings. The third-order valence-corrected chi connectivity index (χ3v) is 4.97. The second kappa shape index (κ2) is 10.7. The molecule has 0 heterocycles. The highest BCUT2D eigenvalue weighted by atomic mass is 16.2. The van der Waals surface area contributed by atoms with Gasteiger partial charge in [-0.15, -0.1) is 0 Å². The van der Waals surface area contributed by atoms with Crippen LogP contribution in [0.25, 0.3) is 0 Å². The van der Waals surface area contributed by atoms with Gasteiger partial charge < -0.3 is 16.0 Å². The van der Waals surface area contributed by atoms with Gasteiger partial charge in [-0.2, -0.15) is 0 Å². The first-order valence-corrected chi connectivity index (χ1v) is 9.90. The molecule has 1 aliphatic rings. The molecule has 148 valence electrons. The number of nitrogens with one attached hydrogen (secondary N) is 3. The van der Waals surface area contributed by atoms with Crippen LogP contribution in [-0.2, 0) is 9.59 Å². The Kier molecular flexibility index (Phi) is 8.30. The van der Waals surface area contributed by atoms with Crippen LogP contribution in [0.5, 0.6) is 0 Å². The molecule has 3 amide bonds. The molecule has 0 aromatic heterocycles. The molecule has 0 spiro atoms. The highest BCUT2D eigenvalue weighted by Crippen LogP contribution is 2.24. The highest BCUT2D eigenvalue weighted by molar-refractivity contribution is 5.94. The summed E-state index contributed by atoms with van der Waals surface area (Å²) in [6.45, 7) is 4.49. The molecule has 1 aromatic rings. The van der Waals surface area contributed by atoms with Gasteiger partial charge in [-0.05, 0) is 30.9 Å². The van der Waals surface area contributed by atoms with Gasteiger partial charge in [0.25, 0.3) is 5.91 Å². The molecule has 1 saturated carbocycles. The van der Waals surface area contributed by atoms with Crippen molar-refractivity contribution in [1.82, 2.24) is 16.0 Å². The van der Waals surface area contributed by atoms with E-state index in [-0.39, 0.29) is 29.6 Å². The van der Waals surface area contributed by atoms with Crippen LogP contribution in [0.15, 0.2) is 30.3 Å². The zero-order valence-electron chi connectivity index (χ0n) is 16.3. The molecule has 0 saturated heterocycles. The predicted octanol–water partition coefficient (Wildman–Crippen LogP) is 2.25. The number of amides is 3. The lowest BCUT2D eigenvalue weighted by atomic mass is 9.88. The summed E-state index contributed by atoms with van der Waals surface area (Å²) < 4.78 is 0. The summed E-state index contributed by atoms with van der Waals surface area (Å²) in [4.78, 5) is 36.9. The van der Waals surface area contributed by atoms with Crippen LogP contribution in [0.4, 0.5) is 0 Å². The van der Waals surface area contributed by atoms with Crippen molar-refractivity contribution in [3.8, 4) is 0 Å². The zero-order valence-corrected chi connectivity index (χ0v) is 16.3. The maximum atomic E-state index is 12.5. The number of hydrogen-bond donors (Lipinski definition) is 3. The van der Waals surface area contributed by atoms with E-state index in [0.29, 0.717) is 18.7 Å². The fraction of sp³-hybridized carbons (Fsp3) is 0.571. The summed E-state index contributed by atoms with van der Waals surface area (Å²) in [5, 5.41) is 8.51. The molecule has 3 N–H and O–H groups in total. The van der Waals surface area contributed by atoms with Crippen molar-refractivity contribution in [2.24, 2.45) is 11.8 Å². The van der Waals surface area contributed by atoms with E-state index in [1.807, 2.05) is 19.9 Å². The van der Waals surface area contributed by atoms with Crippen LogP contribution < -0.4 is 16.0 Å². The minimum absolute atomic E-state index is 0.00329. The molecule has 1 atom stereocenters. The summed E-state index contributed by atoms with van der Waals surface area (Å²) >= 11 is 0. The number of carbonyl (C=O) groups is 3. The third-order valence-electron chi connectivity index (χ3n) is 4.97.